The first-order valence-electron chi connectivity index (χ1n) is 4.66. The molecule has 0 aliphatic rings. The first-order chi connectivity index (χ1) is 7.69. The molecule has 0 aliphatic heterocycles. The fourth-order valence-electron chi connectivity index (χ4n) is 1.15. The van der Waals surface area contributed by atoms with Crippen LogP contribution in [0, 0.1) is 12.3 Å². The van der Waals surface area contributed by atoms with Crippen molar-refractivity contribution in [2.24, 2.45) is 0 Å². The Balaban J connectivity index is 2.90. The third-order valence-electron chi connectivity index (χ3n) is 1.92. The summed E-state index contributed by atoms with van der Waals surface area (Å²) in [6.45, 7) is 0.295. The molecule has 0 unspecified atom stereocenters. The zero-order valence-electron chi connectivity index (χ0n) is 8.90. The third kappa shape index (κ3) is 2.92. The minimum absolute atomic E-state index is 0.0661. The summed E-state index contributed by atoms with van der Waals surface area (Å²) in [5.74, 6) is 2.12. The van der Waals surface area contributed by atoms with E-state index in [1.807, 2.05) is 0 Å². The van der Waals surface area contributed by atoms with Crippen molar-refractivity contribution >= 4 is 5.97 Å². The molecule has 0 radical (unpaired) electrons. The fraction of sp³-hybridized carbons (Fsp3) is 0.250. The quantitative estimate of drug-likeness (QED) is 0.607. The molecular weight excluding hydrogens is 208 g/mol. The van der Waals surface area contributed by atoms with Gasteiger partial charge in [0.25, 0.3) is 0 Å². The average Bonchev–Trinajstić information content (AvgIpc) is 2.29. The Bertz CT molecular complexity index is 418. The number of terminal acetylenes is 1. The van der Waals surface area contributed by atoms with E-state index in [9.17, 15) is 4.79 Å². The van der Waals surface area contributed by atoms with Crippen molar-refractivity contribution in [3.63, 3.8) is 0 Å². The molecule has 4 nitrogen and oxygen atoms in total. The lowest BCUT2D eigenvalue weighted by Gasteiger charge is -2.09. The van der Waals surface area contributed by atoms with Crippen molar-refractivity contribution in [1.82, 2.24) is 0 Å². The highest BCUT2D eigenvalue weighted by molar-refractivity contribution is 5.91. The Morgan fingerprint density at radius 3 is 2.88 bits per heavy atom. The zero-order valence-corrected chi connectivity index (χ0v) is 8.90. The molecule has 0 aromatic heterocycles. The highest BCUT2D eigenvalue weighted by Crippen LogP contribution is 2.24. The number of hydrogen-bond acceptors (Lipinski definition) is 3. The standard InChI is InChI=1S/C12H12O4/c1-3-4-7-16-11-6-5-9(15-2)8-10(11)12(13)14/h1,5-6,8H,4,7H2,2H3,(H,13,14). The predicted octanol–water partition coefficient (Wildman–Crippen LogP) is 1.80. The van der Waals surface area contributed by atoms with Crippen molar-refractivity contribution in [1.29, 1.82) is 0 Å². The van der Waals surface area contributed by atoms with Crippen LogP contribution in [-0.2, 0) is 0 Å². The van der Waals surface area contributed by atoms with Gasteiger partial charge in [0.05, 0.1) is 13.7 Å². The molecule has 0 spiro atoms. The number of aromatic carboxylic acids is 1. The molecule has 16 heavy (non-hydrogen) atoms. The van der Waals surface area contributed by atoms with Gasteiger partial charge in [0.15, 0.2) is 0 Å². The summed E-state index contributed by atoms with van der Waals surface area (Å²) < 4.78 is 10.2. The molecule has 1 aromatic carbocycles. The van der Waals surface area contributed by atoms with Crippen molar-refractivity contribution in [2.45, 2.75) is 6.42 Å². The summed E-state index contributed by atoms with van der Waals surface area (Å²) in [5.41, 5.74) is 0.0661. The van der Waals surface area contributed by atoms with Gasteiger partial charge >= 0.3 is 5.97 Å². The SMILES string of the molecule is C#CCCOc1ccc(OC)cc1C(=O)O. The number of ether oxygens (including phenoxy) is 2. The van der Waals surface area contributed by atoms with E-state index in [0.717, 1.165) is 0 Å². The van der Waals surface area contributed by atoms with Crippen molar-refractivity contribution in [2.75, 3.05) is 13.7 Å². The largest absolute Gasteiger partial charge is 0.497 e. The topological polar surface area (TPSA) is 55.8 Å². The third-order valence-corrected chi connectivity index (χ3v) is 1.92. The lowest BCUT2D eigenvalue weighted by atomic mass is 10.2. The van der Waals surface area contributed by atoms with Gasteiger partial charge in [-0.25, -0.2) is 4.79 Å². The molecule has 84 valence electrons. The summed E-state index contributed by atoms with van der Waals surface area (Å²) in [6, 6.07) is 4.60. The lowest BCUT2D eigenvalue weighted by molar-refractivity contribution is 0.0692. The molecular formula is C12H12O4. The van der Waals surface area contributed by atoms with E-state index in [4.69, 9.17) is 21.0 Å². The first kappa shape index (κ1) is 11.9. The number of carbonyl (C=O) groups is 1. The van der Waals surface area contributed by atoms with Crippen LogP contribution in [0.1, 0.15) is 16.8 Å². The number of carboxylic acid groups (broad SMARTS) is 1. The summed E-state index contributed by atoms with van der Waals surface area (Å²) in [6.07, 6.45) is 5.51. The van der Waals surface area contributed by atoms with Crippen LogP contribution < -0.4 is 9.47 Å². The van der Waals surface area contributed by atoms with Crippen LogP contribution in [0.2, 0.25) is 0 Å². The Kier molecular flexibility index (Phi) is 4.22. The molecule has 1 N–H and O–H groups in total. The second-order valence-corrected chi connectivity index (χ2v) is 2.97. The monoisotopic (exact) mass is 220 g/mol. The second kappa shape index (κ2) is 5.66. The summed E-state index contributed by atoms with van der Waals surface area (Å²) in [4.78, 5) is 10.9. The van der Waals surface area contributed by atoms with Crippen LogP contribution in [0.25, 0.3) is 0 Å². The summed E-state index contributed by atoms with van der Waals surface area (Å²) in [7, 11) is 1.47. The number of benzene rings is 1. The molecule has 1 aromatic rings. The first-order valence-corrected chi connectivity index (χ1v) is 4.66. The van der Waals surface area contributed by atoms with E-state index in [2.05, 4.69) is 5.92 Å². The number of methoxy groups -OCH3 is 1. The second-order valence-electron chi connectivity index (χ2n) is 2.97. The average molecular weight is 220 g/mol. The smallest absolute Gasteiger partial charge is 0.339 e. The molecule has 0 bridgehead atoms. The molecule has 4 heteroatoms. The van der Waals surface area contributed by atoms with Gasteiger partial charge in [-0.3, -0.25) is 0 Å². The predicted molar refractivity (Wildman–Crippen MR) is 58.9 cm³/mol. The van der Waals surface area contributed by atoms with E-state index in [1.54, 1.807) is 12.1 Å². The molecule has 1 rings (SSSR count). The van der Waals surface area contributed by atoms with Crippen LogP contribution in [0.4, 0.5) is 0 Å². The van der Waals surface area contributed by atoms with E-state index >= 15 is 0 Å². The van der Waals surface area contributed by atoms with Gasteiger partial charge in [0.1, 0.15) is 17.1 Å². The highest BCUT2D eigenvalue weighted by atomic mass is 16.5. The van der Waals surface area contributed by atoms with Crippen LogP contribution in [0.3, 0.4) is 0 Å². The molecule has 0 amide bonds. The number of rotatable bonds is 5. The maximum absolute atomic E-state index is 10.9. The maximum atomic E-state index is 10.9. The van der Waals surface area contributed by atoms with E-state index in [-0.39, 0.29) is 5.56 Å². The maximum Gasteiger partial charge on any atom is 0.339 e. The summed E-state index contributed by atoms with van der Waals surface area (Å²) >= 11 is 0. The van der Waals surface area contributed by atoms with E-state index in [1.165, 1.54) is 13.2 Å². The van der Waals surface area contributed by atoms with Crippen LogP contribution in [0.5, 0.6) is 11.5 Å². The molecule has 0 fully saturated rings. The van der Waals surface area contributed by atoms with Crippen molar-refractivity contribution in [3.8, 4) is 23.8 Å². The van der Waals surface area contributed by atoms with Gasteiger partial charge in [-0.1, -0.05) is 0 Å². The Morgan fingerprint density at radius 2 is 2.31 bits per heavy atom. The van der Waals surface area contributed by atoms with E-state index in [0.29, 0.717) is 24.5 Å². The molecule has 0 atom stereocenters. The Labute approximate surface area is 93.8 Å². The molecule has 0 heterocycles. The highest BCUT2D eigenvalue weighted by Gasteiger charge is 2.12. The fourth-order valence-corrected chi connectivity index (χ4v) is 1.15. The van der Waals surface area contributed by atoms with Crippen LogP contribution in [-0.4, -0.2) is 24.8 Å². The van der Waals surface area contributed by atoms with Crippen molar-refractivity contribution in [3.05, 3.63) is 23.8 Å². The van der Waals surface area contributed by atoms with Crippen molar-refractivity contribution < 1.29 is 19.4 Å². The van der Waals surface area contributed by atoms with Crippen LogP contribution in [0.15, 0.2) is 18.2 Å². The minimum atomic E-state index is -1.06. The molecule has 0 saturated carbocycles. The van der Waals surface area contributed by atoms with Crippen LogP contribution >= 0.6 is 0 Å². The molecule has 0 saturated heterocycles. The van der Waals surface area contributed by atoms with Gasteiger partial charge in [-0.15, -0.1) is 12.3 Å². The Hall–Kier alpha value is -2.15. The molecule has 0 aliphatic carbocycles. The van der Waals surface area contributed by atoms with Gasteiger partial charge in [-0.05, 0) is 18.2 Å². The zero-order chi connectivity index (χ0) is 12.0. The number of hydrogen-bond donors (Lipinski definition) is 1. The van der Waals surface area contributed by atoms with Gasteiger partial charge in [-0.2, -0.15) is 0 Å². The minimum Gasteiger partial charge on any atom is -0.497 e. The summed E-state index contributed by atoms with van der Waals surface area (Å²) in [5, 5.41) is 8.97. The van der Waals surface area contributed by atoms with Gasteiger partial charge in [0.2, 0.25) is 0 Å². The lowest BCUT2D eigenvalue weighted by Crippen LogP contribution is -2.04. The number of carboxylic acids is 1. The van der Waals surface area contributed by atoms with Gasteiger partial charge in [0, 0.05) is 6.42 Å². The van der Waals surface area contributed by atoms with E-state index < -0.39 is 5.97 Å². The Morgan fingerprint density at radius 1 is 1.56 bits per heavy atom. The normalized spacial score (nSPS) is 9.25. The van der Waals surface area contributed by atoms with Gasteiger partial charge < -0.3 is 14.6 Å².